The summed E-state index contributed by atoms with van der Waals surface area (Å²) in [7, 11) is 2.09. The van der Waals surface area contributed by atoms with Crippen molar-refractivity contribution in [3.05, 3.63) is 29.3 Å². The maximum Gasteiger partial charge on any atom is 0.320 e. The van der Waals surface area contributed by atoms with Crippen molar-refractivity contribution in [1.82, 2.24) is 0 Å². The van der Waals surface area contributed by atoms with E-state index < -0.39 is 12.0 Å². The van der Waals surface area contributed by atoms with Gasteiger partial charge in [0.25, 0.3) is 0 Å². The zero-order chi connectivity index (χ0) is 12.4. The van der Waals surface area contributed by atoms with E-state index in [1.54, 1.807) is 0 Å². The fraction of sp³-hybridized carbons (Fsp3) is 0.462. The Balaban J connectivity index is 2.01. The van der Waals surface area contributed by atoms with Gasteiger partial charge in [0.2, 0.25) is 0 Å². The smallest absolute Gasteiger partial charge is 0.320 e. The number of likely N-dealkylation sites (N-methyl/N-ethyl adjacent to an activating group) is 1. The molecule has 0 amide bonds. The number of carboxylic acids is 1. The second kappa shape index (κ2) is 4.75. The molecular weight excluding hydrogens is 216 g/mol. The highest BCUT2D eigenvalue weighted by Gasteiger charge is 2.16. The predicted octanol–water partition coefficient (Wildman–Crippen LogP) is 1.02. The third-order valence-corrected chi connectivity index (χ3v) is 3.33. The van der Waals surface area contributed by atoms with Gasteiger partial charge in [-0.05, 0) is 36.5 Å². The Morgan fingerprint density at radius 1 is 1.59 bits per heavy atom. The number of nitrogens with zero attached hydrogens (tertiary/aromatic N) is 1. The van der Waals surface area contributed by atoms with Crippen molar-refractivity contribution in [3.63, 3.8) is 0 Å². The summed E-state index contributed by atoms with van der Waals surface area (Å²) in [5.41, 5.74) is 9.31. The van der Waals surface area contributed by atoms with Gasteiger partial charge in [-0.2, -0.15) is 0 Å². The van der Waals surface area contributed by atoms with E-state index in [1.165, 1.54) is 16.8 Å². The zero-order valence-corrected chi connectivity index (χ0v) is 10.0. The number of nitrogens with two attached hydrogens (primary N) is 1. The molecule has 1 atom stereocenters. The van der Waals surface area contributed by atoms with Crippen molar-refractivity contribution in [2.24, 2.45) is 5.73 Å². The van der Waals surface area contributed by atoms with E-state index in [9.17, 15) is 4.79 Å². The van der Waals surface area contributed by atoms with Gasteiger partial charge in [-0.25, -0.2) is 0 Å². The summed E-state index contributed by atoms with van der Waals surface area (Å²) in [5.74, 6) is -0.925. The lowest BCUT2D eigenvalue weighted by Crippen LogP contribution is -2.30. The molecule has 0 aromatic heterocycles. The molecule has 1 aliphatic heterocycles. The van der Waals surface area contributed by atoms with Crippen molar-refractivity contribution in [2.45, 2.75) is 25.3 Å². The van der Waals surface area contributed by atoms with E-state index in [4.69, 9.17) is 10.8 Å². The van der Waals surface area contributed by atoms with Gasteiger partial charge < -0.3 is 15.7 Å². The molecule has 0 saturated carbocycles. The van der Waals surface area contributed by atoms with E-state index in [2.05, 4.69) is 30.1 Å². The van der Waals surface area contributed by atoms with Crippen LogP contribution in [0.3, 0.4) is 0 Å². The minimum atomic E-state index is -0.925. The number of carboxylic acid groups (broad SMARTS) is 1. The topological polar surface area (TPSA) is 66.6 Å². The minimum absolute atomic E-state index is 0.490. The van der Waals surface area contributed by atoms with E-state index in [0.717, 1.165) is 19.4 Å². The third-order valence-electron chi connectivity index (χ3n) is 3.33. The molecule has 1 heterocycles. The lowest BCUT2D eigenvalue weighted by molar-refractivity contribution is -0.138. The van der Waals surface area contributed by atoms with E-state index >= 15 is 0 Å². The second-order valence-electron chi connectivity index (χ2n) is 4.62. The summed E-state index contributed by atoms with van der Waals surface area (Å²) >= 11 is 0. The van der Waals surface area contributed by atoms with Crippen LogP contribution in [0.25, 0.3) is 0 Å². The summed E-state index contributed by atoms with van der Waals surface area (Å²) in [4.78, 5) is 12.9. The zero-order valence-electron chi connectivity index (χ0n) is 10.0. The third kappa shape index (κ3) is 2.58. The maximum atomic E-state index is 10.6. The van der Waals surface area contributed by atoms with Gasteiger partial charge >= 0.3 is 5.97 Å². The molecule has 1 aromatic carbocycles. The monoisotopic (exact) mass is 234 g/mol. The van der Waals surface area contributed by atoms with E-state index in [-0.39, 0.29) is 0 Å². The molecular formula is C13H18N2O2. The van der Waals surface area contributed by atoms with Crippen LogP contribution >= 0.6 is 0 Å². The number of anilines is 1. The highest BCUT2D eigenvalue weighted by Crippen LogP contribution is 2.27. The summed E-state index contributed by atoms with van der Waals surface area (Å²) in [5, 5.41) is 8.72. The fourth-order valence-electron chi connectivity index (χ4n) is 2.22. The molecule has 1 aliphatic rings. The average Bonchev–Trinajstić information content (AvgIpc) is 2.67. The molecule has 2 rings (SSSR count). The van der Waals surface area contributed by atoms with Crippen LogP contribution in [0, 0.1) is 0 Å². The quantitative estimate of drug-likeness (QED) is 0.816. The molecule has 3 N–H and O–H groups in total. The molecule has 92 valence electrons. The first kappa shape index (κ1) is 11.9. The van der Waals surface area contributed by atoms with Crippen LogP contribution in [0.2, 0.25) is 0 Å². The van der Waals surface area contributed by atoms with Crippen molar-refractivity contribution in [2.75, 3.05) is 18.5 Å². The Morgan fingerprint density at radius 2 is 2.35 bits per heavy atom. The van der Waals surface area contributed by atoms with Crippen LogP contribution in [-0.4, -0.2) is 30.7 Å². The highest BCUT2D eigenvalue weighted by atomic mass is 16.4. The van der Waals surface area contributed by atoms with Gasteiger partial charge in [-0.3, -0.25) is 4.79 Å². The van der Waals surface area contributed by atoms with Gasteiger partial charge in [0.1, 0.15) is 6.04 Å². The predicted molar refractivity (Wildman–Crippen MR) is 67.3 cm³/mol. The van der Waals surface area contributed by atoms with Crippen LogP contribution < -0.4 is 10.6 Å². The molecule has 17 heavy (non-hydrogen) atoms. The molecule has 4 nitrogen and oxygen atoms in total. The molecule has 4 heteroatoms. The minimum Gasteiger partial charge on any atom is -0.480 e. The van der Waals surface area contributed by atoms with Gasteiger partial charge in [-0.1, -0.05) is 12.1 Å². The Kier molecular flexibility index (Phi) is 3.33. The van der Waals surface area contributed by atoms with Gasteiger partial charge in [-0.15, -0.1) is 0 Å². The number of benzene rings is 1. The van der Waals surface area contributed by atoms with Crippen LogP contribution in [0.4, 0.5) is 5.69 Å². The number of aryl methyl sites for hydroxylation is 1. The van der Waals surface area contributed by atoms with Crippen molar-refractivity contribution in [1.29, 1.82) is 0 Å². The van der Waals surface area contributed by atoms with Crippen LogP contribution in [0.15, 0.2) is 18.2 Å². The van der Waals surface area contributed by atoms with Crippen LogP contribution in [0.5, 0.6) is 0 Å². The summed E-state index contributed by atoms with van der Waals surface area (Å²) in [6, 6.07) is 5.60. The van der Waals surface area contributed by atoms with Crippen molar-refractivity contribution < 1.29 is 9.90 Å². The lowest BCUT2D eigenvalue weighted by atomic mass is 10.0. The lowest BCUT2D eigenvalue weighted by Gasteiger charge is -2.12. The Morgan fingerprint density at radius 3 is 3.06 bits per heavy atom. The maximum absolute atomic E-state index is 10.6. The number of rotatable bonds is 4. The first-order valence-electron chi connectivity index (χ1n) is 5.89. The van der Waals surface area contributed by atoms with Crippen molar-refractivity contribution >= 4 is 11.7 Å². The van der Waals surface area contributed by atoms with Crippen LogP contribution in [0.1, 0.15) is 17.5 Å². The molecule has 1 unspecified atom stereocenters. The summed E-state index contributed by atoms with van der Waals surface area (Å²) < 4.78 is 0. The van der Waals surface area contributed by atoms with Crippen molar-refractivity contribution in [3.8, 4) is 0 Å². The Bertz CT molecular complexity index is 431. The Labute approximate surface area is 101 Å². The summed E-state index contributed by atoms with van der Waals surface area (Å²) in [6.45, 7) is 1.06. The number of fused-ring (bicyclic) bond motifs is 1. The normalized spacial score (nSPS) is 15.8. The first-order chi connectivity index (χ1) is 8.08. The molecule has 0 radical (unpaired) electrons. The molecule has 0 aliphatic carbocycles. The molecule has 0 bridgehead atoms. The average molecular weight is 234 g/mol. The number of hydrogen-bond donors (Lipinski definition) is 2. The fourth-order valence-corrected chi connectivity index (χ4v) is 2.22. The number of hydrogen-bond acceptors (Lipinski definition) is 3. The standard InChI is InChI=1S/C13H18N2O2/c1-15-7-6-10-8-9(3-5-12(10)15)2-4-11(14)13(16)17/h3,5,8,11H,2,4,6-7,14H2,1H3,(H,16,17). The van der Waals surface area contributed by atoms with Gasteiger partial charge in [0, 0.05) is 19.3 Å². The van der Waals surface area contributed by atoms with E-state index in [1.807, 2.05) is 0 Å². The number of aliphatic carboxylic acids is 1. The van der Waals surface area contributed by atoms with Gasteiger partial charge in [0.15, 0.2) is 0 Å². The SMILES string of the molecule is CN1CCc2cc(CCC(N)C(=O)O)ccc21. The molecule has 0 spiro atoms. The first-order valence-corrected chi connectivity index (χ1v) is 5.89. The van der Waals surface area contributed by atoms with E-state index in [0.29, 0.717) is 6.42 Å². The largest absolute Gasteiger partial charge is 0.480 e. The van der Waals surface area contributed by atoms with Crippen LogP contribution in [-0.2, 0) is 17.6 Å². The molecule has 0 fully saturated rings. The second-order valence-corrected chi connectivity index (χ2v) is 4.62. The summed E-state index contributed by atoms with van der Waals surface area (Å²) in [6.07, 6.45) is 2.29. The number of carbonyl (C=O) groups is 1. The Hall–Kier alpha value is -1.55. The molecule has 1 aromatic rings. The highest BCUT2D eigenvalue weighted by molar-refractivity contribution is 5.73. The van der Waals surface area contributed by atoms with Gasteiger partial charge in [0.05, 0.1) is 0 Å². The molecule has 0 saturated heterocycles.